The van der Waals surface area contributed by atoms with Crippen LogP contribution in [0.2, 0.25) is 0 Å². The van der Waals surface area contributed by atoms with Crippen molar-refractivity contribution >= 4 is 28.4 Å². The number of piperazine rings is 1. The molecule has 9 heteroatoms. The Morgan fingerprint density at radius 2 is 1.79 bits per heavy atom. The van der Waals surface area contributed by atoms with E-state index in [0.717, 1.165) is 43.0 Å². The molecule has 1 aliphatic heterocycles. The summed E-state index contributed by atoms with van der Waals surface area (Å²) >= 11 is 0. The fourth-order valence-corrected chi connectivity index (χ4v) is 4.25. The number of aromatic nitrogens is 4. The lowest BCUT2D eigenvalue weighted by Gasteiger charge is -2.36. The van der Waals surface area contributed by atoms with Gasteiger partial charge in [-0.2, -0.15) is 5.10 Å². The second-order valence-electron chi connectivity index (χ2n) is 8.10. The Kier molecular flexibility index (Phi) is 6.24. The van der Waals surface area contributed by atoms with Crippen LogP contribution in [0.1, 0.15) is 10.4 Å². The van der Waals surface area contributed by atoms with Crippen LogP contribution in [0, 0.1) is 0 Å². The zero-order chi connectivity index (χ0) is 23.3. The predicted molar refractivity (Wildman–Crippen MR) is 132 cm³/mol. The average Bonchev–Trinajstić information content (AvgIpc) is 3.32. The van der Waals surface area contributed by atoms with Crippen LogP contribution in [0.25, 0.3) is 11.0 Å². The molecule has 0 atom stereocenters. The minimum absolute atomic E-state index is 0.151. The predicted octanol–water partition coefficient (Wildman–Crippen LogP) is 2.59. The van der Waals surface area contributed by atoms with Crippen LogP contribution in [0.5, 0.6) is 5.75 Å². The normalized spacial score (nSPS) is 13.8. The van der Waals surface area contributed by atoms with E-state index in [1.165, 1.54) is 5.69 Å². The Labute approximate surface area is 198 Å². The van der Waals surface area contributed by atoms with Gasteiger partial charge in [-0.1, -0.05) is 24.3 Å². The van der Waals surface area contributed by atoms with Gasteiger partial charge in [0, 0.05) is 44.0 Å². The van der Waals surface area contributed by atoms with E-state index < -0.39 is 0 Å². The van der Waals surface area contributed by atoms with Gasteiger partial charge in [0.15, 0.2) is 5.65 Å². The molecule has 5 rings (SSSR count). The van der Waals surface area contributed by atoms with E-state index in [1.807, 2.05) is 23.0 Å². The highest BCUT2D eigenvalue weighted by atomic mass is 16.5. The van der Waals surface area contributed by atoms with Crippen molar-refractivity contribution in [1.29, 1.82) is 0 Å². The molecule has 1 aliphatic rings. The molecule has 3 heterocycles. The first-order chi connectivity index (χ1) is 16.7. The smallest absolute Gasteiger partial charge is 0.251 e. The van der Waals surface area contributed by atoms with Crippen molar-refractivity contribution in [1.82, 2.24) is 25.1 Å². The molecule has 0 bridgehead atoms. The number of amides is 1. The fourth-order valence-electron chi connectivity index (χ4n) is 4.25. The molecule has 2 aromatic heterocycles. The van der Waals surface area contributed by atoms with E-state index in [0.29, 0.717) is 24.4 Å². The zero-order valence-electron chi connectivity index (χ0n) is 19.1. The molecule has 2 aromatic carbocycles. The summed E-state index contributed by atoms with van der Waals surface area (Å²) in [6.45, 7) is 4.56. The van der Waals surface area contributed by atoms with Crippen LogP contribution >= 0.6 is 0 Å². The Morgan fingerprint density at radius 3 is 2.59 bits per heavy atom. The molecule has 0 spiro atoms. The molecule has 0 unspecified atom stereocenters. The SMILES string of the molecule is COc1cccc(C(=O)NCCn2ncc3c(N4CCN(c5ccccc5)CC4)ncnc32)c1. The highest BCUT2D eigenvalue weighted by molar-refractivity contribution is 5.94. The Bertz CT molecular complexity index is 1270. The summed E-state index contributed by atoms with van der Waals surface area (Å²) in [5, 5.41) is 8.38. The molecule has 1 amide bonds. The van der Waals surface area contributed by atoms with Gasteiger partial charge in [-0.3, -0.25) is 4.79 Å². The third-order valence-corrected chi connectivity index (χ3v) is 6.05. The highest BCUT2D eigenvalue weighted by Gasteiger charge is 2.21. The Hall–Kier alpha value is -4.14. The number of hydrogen-bond acceptors (Lipinski definition) is 7. The summed E-state index contributed by atoms with van der Waals surface area (Å²) < 4.78 is 7.00. The van der Waals surface area contributed by atoms with Crippen molar-refractivity contribution in [2.75, 3.05) is 49.6 Å². The summed E-state index contributed by atoms with van der Waals surface area (Å²) in [5.74, 6) is 1.41. The summed E-state index contributed by atoms with van der Waals surface area (Å²) in [6, 6.07) is 17.6. The minimum Gasteiger partial charge on any atom is -0.497 e. The lowest BCUT2D eigenvalue weighted by molar-refractivity contribution is 0.0951. The number of hydrogen-bond donors (Lipinski definition) is 1. The Morgan fingerprint density at radius 1 is 1.00 bits per heavy atom. The van der Waals surface area contributed by atoms with Crippen LogP contribution in [0.15, 0.2) is 67.1 Å². The van der Waals surface area contributed by atoms with Crippen LogP contribution in [-0.4, -0.2) is 65.5 Å². The van der Waals surface area contributed by atoms with Gasteiger partial charge in [-0.05, 0) is 30.3 Å². The van der Waals surface area contributed by atoms with Crippen molar-refractivity contribution in [3.63, 3.8) is 0 Å². The molecule has 0 saturated carbocycles. The van der Waals surface area contributed by atoms with Crippen molar-refractivity contribution in [2.24, 2.45) is 0 Å². The zero-order valence-corrected chi connectivity index (χ0v) is 19.1. The maximum Gasteiger partial charge on any atom is 0.251 e. The van der Waals surface area contributed by atoms with E-state index in [1.54, 1.807) is 31.6 Å². The first kappa shape index (κ1) is 21.7. The quantitative estimate of drug-likeness (QED) is 0.456. The number of methoxy groups -OCH3 is 1. The van der Waals surface area contributed by atoms with Gasteiger partial charge in [0.2, 0.25) is 0 Å². The maximum atomic E-state index is 12.5. The van der Waals surface area contributed by atoms with E-state index in [9.17, 15) is 4.79 Å². The number of nitrogens with zero attached hydrogens (tertiary/aromatic N) is 6. The third-order valence-electron chi connectivity index (χ3n) is 6.05. The molecular weight excluding hydrogens is 430 g/mol. The van der Waals surface area contributed by atoms with Crippen molar-refractivity contribution in [2.45, 2.75) is 6.54 Å². The number of benzene rings is 2. The van der Waals surface area contributed by atoms with Gasteiger partial charge in [-0.25, -0.2) is 14.6 Å². The van der Waals surface area contributed by atoms with Crippen LogP contribution < -0.4 is 19.9 Å². The number of rotatable bonds is 7. The molecule has 1 N–H and O–H groups in total. The second-order valence-corrected chi connectivity index (χ2v) is 8.10. The number of carbonyl (C=O) groups excluding carboxylic acids is 1. The summed E-state index contributed by atoms with van der Waals surface area (Å²) in [4.78, 5) is 26.2. The monoisotopic (exact) mass is 457 g/mol. The number of anilines is 2. The van der Waals surface area contributed by atoms with Gasteiger partial charge in [0.25, 0.3) is 5.91 Å². The number of carbonyl (C=O) groups is 1. The summed E-state index contributed by atoms with van der Waals surface area (Å²) in [7, 11) is 1.58. The molecule has 0 aliphatic carbocycles. The lowest BCUT2D eigenvalue weighted by Crippen LogP contribution is -2.46. The molecule has 1 fully saturated rings. The molecule has 34 heavy (non-hydrogen) atoms. The first-order valence-electron chi connectivity index (χ1n) is 11.4. The summed E-state index contributed by atoms with van der Waals surface area (Å²) in [5.41, 5.74) is 2.58. The minimum atomic E-state index is -0.151. The number of para-hydroxylation sites is 1. The van der Waals surface area contributed by atoms with Crippen LogP contribution in [-0.2, 0) is 6.54 Å². The van der Waals surface area contributed by atoms with Crippen LogP contribution in [0.3, 0.4) is 0 Å². The number of ether oxygens (including phenoxy) is 1. The molecule has 9 nitrogen and oxygen atoms in total. The van der Waals surface area contributed by atoms with E-state index >= 15 is 0 Å². The standard InChI is InChI=1S/C25H27N7O2/c1-34-21-9-5-6-19(16-21)25(33)26-10-11-32-24-22(17-29-32)23(27-18-28-24)31-14-12-30(13-15-31)20-7-3-2-4-8-20/h2-9,16-18H,10-15H2,1H3,(H,26,33). The topological polar surface area (TPSA) is 88.4 Å². The summed E-state index contributed by atoms with van der Waals surface area (Å²) in [6.07, 6.45) is 3.41. The highest BCUT2D eigenvalue weighted by Crippen LogP contribution is 2.25. The van der Waals surface area contributed by atoms with Gasteiger partial charge in [-0.15, -0.1) is 0 Å². The van der Waals surface area contributed by atoms with Gasteiger partial charge in [0.1, 0.15) is 17.9 Å². The molecule has 1 saturated heterocycles. The molecule has 0 radical (unpaired) electrons. The van der Waals surface area contributed by atoms with E-state index in [4.69, 9.17) is 4.74 Å². The molecule has 4 aromatic rings. The van der Waals surface area contributed by atoms with Crippen molar-refractivity contribution < 1.29 is 9.53 Å². The maximum absolute atomic E-state index is 12.5. The number of nitrogens with one attached hydrogen (secondary N) is 1. The van der Waals surface area contributed by atoms with E-state index in [-0.39, 0.29) is 5.91 Å². The van der Waals surface area contributed by atoms with Gasteiger partial charge < -0.3 is 19.9 Å². The van der Waals surface area contributed by atoms with Gasteiger partial charge in [0.05, 0.1) is 25.2 Å². The first-order valence-corrected chi connectivity index (χ1v) is 11.4. The third kappa shape index (κ3) is 4.50. The average molecular weight is 458 g/mol. The molecule has 174 valence electrons. The fraction of sp³-hybridized carbons (Fsp3) is 0.280. The second kappa shape index (κ2) is 9.78. The van der Waals surface area contributed by atoms with Gasteiger partial charge >= 0.3 is 0 Å². The largest absolute Gasteiger partial charge is 0.497 e. The van der Waals surface area contributed by atoms with E-state index in [2.05, 4.69) is 54.4 Å². The molecular formula is C25H27N7O2. The van der Waals surface area contributed by atoms with Crippen molar-refractivity contribution in [3.05, 3.63) is 72.7 Å². The number of fused-ring (bicyclic) bond motifs is 1. The van der Waals surface area contributed by atoms with Crippen molar-refractivity contribution in [3.8, 4) is 5.75 Å². The lowest BCUT2D eigenvalue weighted by atomic mass is 10.2. The van der Waals surface area contributed by atoms with Crippen LogP contribution in [0.4, 0.5) is 11.5 Å². The Balaban J connectivity index is 1.23.